The van der Waals surface area contributed by atoms with Gasteiger partial charge in [-0.1, -0.05) is 0 Å². The molecular weight excluding hydrogens is 510 g/mol. The predicted octanol–water partition coefficient (Wildman–Crippen LogP) is 2.33. The molecule has 0 saturated carbocycles. The molecule has 3 rings (SSSR count). The van der Waals surface area contributed by atoms with E-state index < -0.39 is 74.1 Å². The van der Waals surface area contributed by atoms with Crippen molar-refractivity contribution in [1.82, 2.24) is 14.2 Å². The number of halogens is 4. The zero-order valence-corrected chi connectivity index (χ0v) is 20.1. The summed E-state index contributed by atoms with van der Waals surface area (Å²) in [6, 6.07) is 0.228. The molecule has 14 heteroatoms. The van der Waals surface area contributed by atoms with Crippen molar-refractivity contribution in [1.29, 1.82) is 0 Å². The molecule has 2 unspecified atom stereocenters. The fraction of sp³-hybridized carbons (Fsp3) is 0.409. The van der Waals surface area contributed by atoms with Crippen LogP contribution in [0.1, 0.15) is 29.4 Å². The molecule has 0 radical (unpaired) electrons. The number of carbonyl (C=O) groups excluding carboxylic acids is 3. The number of aryl methyl sites for hydroxylation is 1. The number of aromatic nitrogens is 1. The number of nitrogens with zero attached hydrogens (tertiary/aromatic N) is 2. The highest BCUT2D eigenvalue weighted by molar-refractivity contribution is 7.89. The van der Waals surface area contributed by atoms with Crippen molar-refractivity contribution in [2.24, 2.45) is 13.0 Å². The van der Waals surface area contributed by atoms with Gasteiger partial charge in [0.2, 0.25) is 10.0 Å². The van der Waals surface area contributed by atoms with E-state index in [1.807, 2.05) is 0 Å². The maximum absolute atomic E-state index is 15.2. The van der Waals surface area contributed by atoms with E-state index in [0.29, 0.717) is 18.4 Å². The van der Waals surface area contributed by atoms with Gasteiger partial charge in [-0.2, -0.15) is 0 Å². The number of carbonyl (C=O) groups is 3. The zero-order valence-electron chi connectivity index (χ0n) is 19.3. The first-order valence-corrected chi connectivity index (χ1v) is 12.3. The predicted molar refractivity (Wildman–Crippen MR) is 117 cm³/mol. The highest BCUT2D eigenvalue weighted by Gasteiger charge is 2.39. The van der Waals surface area contributed by atoms with Crippen molar-refractivity contribution < 1.29 is 45.1 Å². The Hall–Kier alpha value is -3.26. The van der Waals surface area contributed by atoms with Crippen molar-refractivity contribution in [2.75, 3.05) is 19.7 Å². The third-order valence-electron chi connectivity index (χ3n) is 5.72. The first-order valence-electron chi connectivity index (χ1n) is 10.8. The number of benzene rings is 1. The van der Waals surface area contributed by atoms with E-state index in [-0.39, 0.29) is 31.7 Å². The highest BCUT2D eigenvalue weighted by atomic mass is 32.2. The Balaban J connectivity index is 1.84. The van der Waals surface area contributed by atoms with Gasteiger partial charge in [0.05, 0.1) is 6.61 Å². The average molecular weight is 534 g/mol. The summed E-state index contributed by atoms with van der Waals surface area (Å²) in [5.74, 6) is -7.79. The molecule has 0 aliphatic carbocycles. The summed E-state index contributed by atoms with van der Waals surface area (Å²) >= 11 is 0. The molecule has 2 heterocycles. The number of sulfonamides is 1. The molecule has 9 nitrogen and oxygen atoms in total. The average Bonchev–Trinajstić information content (AvgIpc) is 3.32. The van der Waals surface area contributed by atoms with Crippen molar-refractivity contribution in [3.8, 4) is 0 Å². The highest BCUT2D eigenvalue weighted by Crippen LogP contribution is 2.26. The summed E-state index contributed by atoms with van der Waals surface area (Å²) in [5.41, 5.74) is -0.953. The largest absolute Gasteiger partial charge is 0.450 e. The SMILES string of the molecule is CCOC(=O)N1CC(CC=O)C(NS(=O)(=O)c2cn(C)c(C(=O)Cc3cc(F)c(F)c(F)c3)c2F)C1. The fourth-order valence-electron chi connectivity index (χ4n) is 4.05. The minimum Gasteiger partial charge on any atom is -0.450 e. The van der Waals surface area contributed by atoms with Crippen molar-refractivity contribution >= 4 is 28.2 Å². The van der Waals surface area contributed by atoms with Gasteiger partial charge in [-0.25, -0.2) is 35.5 Å². The van der Waals surface area contributed by atoms with Gasteiger partial charge in [0.15, 0.2) is 29.1 Å². The third kappa shape index (κ3) is 5.59. The Morgan fingerprint density at radius 3 is 2.36 bits per heavy atom. The van der Waals surface area contributed by atoms with Crippen LogP contribution in [-0.2, 0) is 33.0 Å². The number of hydrogen-bond acceptors (Lipinski definition) is 6. The van der Waals surface area contributed by atoms with Crippen molar-refractivity contribution in [3.05, 3.63) is 52.9 Å². The Morgan fingerprint density at radius 1 is 1.14 bits per heavy atom. The van der Waals surface area contributed by atoms with Crippen LogP contribution in [0.25, 0.3) is 0 Å². The monoisotopic (exact) mass is 533 g/mol. The molecule has 1 aliphatic heterocycles. The quantitative estimate of drug-likeness (QED) is 0.229. The van der Waals surface area contributed by atoms with Gasteiger partial charge in [0.25, 0.3) is 0 Å². The molecule has 0 bridgehead atoms. The first kappa shape index (κ1) is 27.3. The fourth-order valence-corrected chi connectivity index (χ4v) is 5.47. The third-order valence-corrected chi connectivity index (χ3v) is 7.20. The number of rotatable bonds is 9. The van der Waals surface area contributed by atoms with Crippen LogP contribution in [0.15, 0.2) is 23.2 Å². The number of nitrogens with one attached hydrogen (secondary N) is 1. The normalized spacial score (nSPS) is 17.9. The molecule has 1 aliphatic rings. The summed E-state index contributed by atoms with van der Waals surface area (Å²) in [6.45, 7) is 1.60. The lowest BCUT2D eigenvalue weighted by atomic mass is 10.0. The Morgan fingerprint density at radius 2 is 1.78 bits per heavy atom. The molecule has 1 saturated heterocycles. The maximum Gasteiger partial charge on any atom is 0.409 e. The maximum atomic E-state index is 15.2. The molecule has 0 spiro atoms. The van der Waals surface area contributed by atoms with E-state index in [1.165, 1.54) is 11.9 Å². The van der Waals surface area contributed by atoms with Crippen LogP contribution >= 0.6 is 0 Å². The molecule has 36 heavy (non-hydrogen) atoms. The summed E-state index contributed by atoms with van der Waals surface area (Å²) in [4.78, 5) is 36.1. The summed E-state index contributed by atoms with van der Waals surface area (Å²) in [7, 11) is -3.37. The molecule has 1 aromatic heterocycles. The van der Waals surface area contributed by atoms with Gasteiger partial charge < -0.3 is 19.0 Å². The van der Waals surface area contributed by atoms with Gasteiger partial charge >= 0.3 is 6.09 Å². The van der Waals surface area contributed by atoms with Crippen LogP contribution in [0, 0.1) is 29.2 Å². The van der Waals surface area contributed by atoms with Crippen molar-refractivity contribution in [2.45, 2.75) is 30.7 Å². The van der Waals surface area contributed by atoms with E-state index >= 15 is 4.39 Å². The van der Waals surface area contributed by atoms with Crippen LogP contribution in [-0.4, -0.2) is 61.8 Å². The molecule has 1 fully saturated rings. The molecule has 2 aromatic rings. The van der Waals surface area contributed by atoms with E-state index in [4.69, 9.17) is 4.74 Å². The second-order valence-electron chi connectivity index (χ2n) is 8.23. The van der Waals surface area contributed by atoms with Gasteiger partial charge in [-0.3, -0.25) is 4.79 Å². The van der Waals surface area contributed by atoms with Crippen LogP contribution in [0.5, 0.6) is 0 Å². The van der Waals surface area contributed by atoms with E-state index in [9.17, 15) is 36.0 Å². The zero-order chi connectivity index (χ0) is 26.8. The lowest BCUT2D eigenvalue weighted by Crippen LogP contribution is -2.41. The minimum absolute atomic E-state index is 0.0383. The summed E-state index contributed by atoms with van der Waals surface area (Å²) < 4.78 is 89.4. The lowest BCUT2D eigenvalue weighted by Gasteiger charge is -2.17. The van der Waals surface area contributed by atoms with Crippen LogP contribution in [0.4, 0.5) is 22.4 Å². The number of Topliss-reactive ketones (excluding diaryl/α,β-unsaturated/α-hetero) is 1. The van der Waals surface area contributed by atoms with Gasteiger partial charge in [0, 0.05) is 51.1 Å². The minimum atomic E-state index is -4.58. The van der Waals surface area contributed by atoms with E-state index in [0.717, 1.165) is 10.8 Å². The number of hydrogen-bond donors (Lipinski definition) is 1. The van der Waals surface area contributed by atoms with Gasteiger partial charge in [-0.15, -0.1) is 0 Å². The molecular formula is C22H23F4N3O6S. The smallest absolute Gasteiger partial charge is 0.409 e. The molecule has 1 N–H and O–H groups in total. The van der Waals surface area contributed by atoms with E-state index in [2.05, 4.69) is 4.72 Å². The van der Waals surface area contributed by atoms with Gasteiger partial charge in [0.1, 0.15) is 16.9 Å². The van der Waals surface area contributed by atoms with E-state index in [1.54, 1.807) is 6.92 Å². The number of ether oxygens (including phenoxy) is 1. The number of ketones is 1. The van der Waals surface area contributed by atoms with Crippen molar-refractivity contribution in [3.63, 3.8) is 0 Å². The Labute approximate surface area is 204 Å². The van der Waals surface area contributed by atoms with Gasteiger partial charge in [-0.05, 0) is 24.6 Å². The molecule has 2 atom stereocenters. The van der Waals surface area contributed by atoms with Crippen LogP contribution < -0.4 is 4.72 Å². The Kier molecular flexibility index (Phi) is 8.19. The molecule has 196 valence electrons. The van der Waals surface area contributed by atoms with Crippen LogP contribution in [0.3, 0.4) is 0 Å². The first-order chi connectivity index (χ1) is 16.9. The molecule has 1 aromatic carbocycles. The number of likely N-dealkylation sites (tertiary alicyclic amines) is 1. The standard InChI is InChI=1S/C22H23F4N3O6S/c1-3-35-22(32)29-9-13(4-5-30)16(10-29)27-36(33,34)18-11-28(2)21(20(18)26)17(31)8-12-6-14(23)19(25)15(24)7-12/h5-7,11,13,16,27H,3-4,8-10H2,1-2H3. The number of aldehydes is 1. The molecule has 1 amide bonds. The lowest BCUT2D eigenvalue weighted by molar-refractivity contribution is -0.108. The Bertz CT molecular complexity index is 1270. The summed E-state index contributed by atoms with van der Waals surface area (Å²) in [5, 5.41) is 0. The second-order valence-corrected chi connectivity index (χ2v) is 9.92. The second kappa shape index (κ2) is 10.8. The summed E-state index contributed by atoms with van der Waals surface area (Å²) in [6.07, 6.45) is -0.0727. The topological polar surface area (TPSA) is 115 Å². The van der Waals surface area contributed by atoms with Crippen LogP contribution in [0.2, 0.25) is 0 Å². The number of amides is 1.